The standard InChI is InChI=1S/C33H38BCl2N7O4S2/c1-33(2,3)47-32(45)40-31(34-46-21-37)38-20-22-6-11-29(41(4)48-5)28(16-22)30(44)39-25-7-9-27(10-8-25)49-43-14-12-42(13-15-43)26-18-23(35)17-24(36)19-26/h6-11,16-19,38H,12-15,20H2,1-5H3,(H,39,44)(H,40,45). The normalized spacial score (nSPS) is 13.5. The van der Waals surface area contributed by atoms with Crippen LogP contribution in [0.5, 0.6) is 0 Å². The topological polar surface area (TPSA) is 122 Å². The van der Waals surface area contributed by atoms with Crippen molar-refractivity contribution in [3.8, 4) is 6.26 Å². The molecule has 3 aromatic carbocycles. The zero-order chi connectivity index (χ0) is 35.6. The van der Waals surface area contributed by atoms with Crippen LogP contribution in [-0.4, -0.2) is 74.2 Å². The van der Waals surface area contributed by atoms with Crippen LogP contribution in [0, 0.1) is 11.5 Å². The average molecular weight is 743 g/mol. The first-order chi connectivity index (χ1) is 23.3. The van der Waals surface area contributed by atoms with Crippen LogP contribution in [0.1, 0.15) is 36.7 Å². The Morgan fingerprint density at radius 1 is 1.02 bits per heavy atom. The first-order valence-corrected chi connectivity index (χ1v) is 18.0. The van der Waals surface area contributed by atoms with Gasteiger partial charge in [-0.2, -0.15) is 0 Å². The van der Waals surface area contributed by atoms with E-state index in [-0.39, 0.29) is 18.2 Å². The number of rotatable bonds is 12. The molecule has 0 aromatic heterocycles. The molecule has 0 aliphatic carbocycles. The third kappa shape index (κ3) is 12.0. The molecule has 258 valence electrons. The summed E-state index contributed by atoms with van der Waals surface area (Å²) in [5, 5.41) is 18.7. The Bertz CT molecular complexity index is 1680. The number of piperazine rings is 1. The second kappa shape index (κ2) is 17.8. The summed E-state index contributed by atoms with van der Waals surface area (Å²) in [7, 11) is 2.96. The second-order valence-corrected chi connectivity index (χ2v) is 14.8. The van der Waals surface area contributed by atoms with Gasteiger partial charge in [0.1, 0.15) is 0 Å². The molecule has 1 aliphatic heterocycles. The van der Waals surface area contributed by atoms with Crippen LogP contribution in [0.2, 0.25) is 10.0 Å². The molecule has 11 nitrogen and oxygen atoms in total. The van der Waals surface area contributed by atoms with Gasteiger partial charge in [-0.25, -0.2) is 4.31 Å². The van der Waals surface area contributed by atoms with E-state index in [4.69, 9.17) is 37.9 Å². The van der Waals surface area contributed by atoms with Gasteiger partial charge in [0.05, 0.1) is 0 Å². The Morgan fingerprint density at radius 3 is 2.31 bits per heavy atom. The number of halogens is 2. The van der Waals surface area contributed by atoms with Crippen molar-refractivity contribution in [1.29, 1.82) is 5.26 Å². The van der Waals surface area contributed by atoms with Crippen LogP contribution in [0.4, 0.5) is 21.9 Å². The maximum absolute atomic E-state index is 13.6. The Morgan fingerprint density at radius 2 is 1.69 bits per heavy atom. The van der Waals surface area contributed by atoms with Crippen LogP contribution in [0.25, 0.3) is 0 Å². The summed E-state index contributed by atoms with van der Waals surface area (Å²) in [5.74, 6) is -0.272. The molecule has 0 saturated carbocycles. The zero-order valence-electron chi connectivity index (χ0n) is 27.9. The van der Waals surface area contributed by atoms with E-state index in [0.717, 1.165) is 55.1 Å². The molecule has 3 N–H and O–H groups in total. The number of alkyl carbamates (subject to hydrolysis) is 1. The number of hydrogen-bond donors (Lipinski definition) is 3. The van der Waals surface area contributed by atoms with E-state index in [9.17, 15) is 9.59 Å². The van der Waals surface area contributed by atoms with Gasteiger partial charge in [0.25, 0.3) is 0 Å². The quantitative estimate of drug-likeness (QED) is 0.106. The van der Waals surface area contributed by atoms with Gasteiger partial charge in [0, 0.05) is 41.9 Å². The predicted octanol–water partition coefficient (Wildman–Crippen LogP) is 6.61. The van der Waals surface area contributed by atoms with Crippen molar-refractivity contribution in [1.82, 2.24) is 14.9 Å². The number of ether oxygens (including phenoxy) is 1. The summed E-state index contributed by atoms with van der Waals surface area (Å²) in [4.78, 5) is 29.2. The number of benzene rings is 3. The van der Waals surface area contributed by atoms with E-state index < -0.39 is 11.7 Å². The molecule has 0 bridgehead atoms. The molecular weight excluding hydrogens is 704 g/mol. The van der Waals surface area contributed by atoms with E-state index in [1.807, 2.05) is 66.1 Å². The summed E-state index contributed by atoms with van der Waals surface area (Å²) in [6.07, 6.45) is 2.76. The average Bonchev–Trinajstić information content (AvgIpc) is 3.05. The number of carbonyl (C=O) groups excluding carboxylic acids is 2. The van der Waals surface area contributed by atoms with Crippen molar-refractivity contribution >= 4 is 89.0 Å². The fourth-order valence-corrected chi connectivity index (χ4v) is 6.54. The number of nitrogens with one attached hydrogen (secondary N) is 3. The number of amides is 2. The maximum atomic E-state index is 13.6. The van der Waals surface area contributed by atoms with Crippen molar-refractivity contribution in [2.75, 3.05) is 54.0 Å². The monoisotopic (exact) mass is 741 g/mol. The first kappa shape index (κ1) is 38.1. The minimum atomic E-state index is -0.712. The van der Waals surface area contributed by atoms with E-state index in [0.29, 0.717) is 21.3 Å². The predicted molar refractivity (Wildman–Crippen MR) is 203 cm³/mol. The van der Waals surface area contributed by atoms with Crippen molar-refractivity contribution in [2.45, 2.75) is 37.8 Å². The number of nitriles is 1. The van der Waals surface area contributed by atoms with Crippen LogP contribution >= 0.6 is 47.1 Å². The van der Waals surface area contributed by atoms with Gasteiger partial charge in [0.2, 0.25) is 0 Å². The second-order valence-electron chi connectivity index (χ2n) is 11.9. The summed E-state index contributed by atoms with van der Waals surface area (Å²) < 4.78 is 14.2. The van der Waals surface area contributed by atoms with Gasteiger partial charge in [-0.3, -0.25) is 0 Å². The van der Waals surface area contributed by atoms with Gasteiger partial charge in [-0.05, 0) is 30.1 Å². The summed E-state index contributed by atoms with van der Waals surface area (Å²) in [6.45, 7) is 8.88. The SMILES string of the molecule is CSN(C)c1ccc(CNC(=BOC#N)NC(=O)OC(C)(C)C)cc1C(=O)Nc1ccc(SN2CCN(c3cc(Cl)cc(Cl)c3)CC2)cc1. The van der Waals surface area contributed by atoms with E-state index in [2.05, 4.69) is 25.2 Å². The molecule has 49 heavy (non-hydrogen) atoms. The fourth-order valence-electron chi connectivity index (χ4n) is 4.77. The third-order valence-corrected chi connectivity index (χ3v) is 9.35. The van der Waals surface area contributed by atoms with E-state index in [1.165, 1.54) is 11.9 Å². The van der Waals surface area contributed by atoms with Crippen LogP contribution < -0.4 is 25.2 Å². The molecule has 3 aromatic rings. The fraction of sp³-hybridized carbons (Fsp3) is 0.333. The van der Waals surface area contributed by atoms with Crippen LogP contribution in [0.3, 0.4) is 0 Å². The Hall–Kier alpha value is -3.74. The van der Waals surface area contributed by atoms with Gasteiger partial charge in [-0.15, -0.1) is 0 Å². The number of anilines is 3. The Kier molecular flexibility index (Phi) is 13.8. The van der Waals surface area contributed by atoms with E-state index >= 15 is 0 Å². The van der Waals surface area contributed by atoms with Crippen molar-refractivity contribution in [3.05, 3.63) is 81.8 Å². The van der Waals surface area contributed by atoms with Crippen LogP contribution in [0.15, 0.2) is 65.6 Å². The summed E-state index contributed by atoms with van der Waals surface area (Å²) in [5.41, 5.74) is 3.05. The molecule has 2 amide bonds. The third-order valence-electron chi connectivity index (χ3n) is 7.06. The minimum absolute atomic E-state index is 0.123. The number of carbonyl (C=O) groups is 2. The van der Waals surface area contributed by atoms with Gasteiger partial charge in [0.15, 0.2) is 0 Å². The molecule has 1 fully saturated rings. The molecule has 16 heteroatoms. The zero-order valence-corrected chi connectivity index (χ0v) is 31.0. The number of nitrogens with zero attached hydrogens (tertiary/aromatic N) is 4. The molecule has 0 unspecified atom stereocenters. The molecule has 0 radical (unpaired) electrons. The molecule has 1 heterocycles. The molecule has 0 atom stereocenters. The van der Waals surface area contributed by atoms with Crippen LogP contribution in [-0.2, 0) is 15.9 Å². The Labute approximate surface area is 306 Å². The summed E-state index contributed by atoms with van der Waals surface area (Å²) >= 11 is 15.6. The molecule has 0 spiro atoms. The molecular formula is C33H38BCl2N7O4S2. The van der Waals surface area contributed by atoms with Gasteiger partial charge >= 0.3 is 204 Å². The molecule has 1 saturated heterocycles. The summed E-state index contributed by atoms with van der Waals surface area (Å²) in [6, 6.07) is 18.9. The number of hydrogen-bond acceptors (Lipinski definition) is 11. The van der Waals surface area contributed by atoms with Crippen molar-refractivity contribution in [3.63, 3.8) is 0 Å². The van der Waals surface area contributed by atoms with Crippen molar-refractivity contribution < 1.29 is 19.0 Å². The first-order valence-electron chi connectivity index (χ1n) is 15.3. The molecule has 4 rings (SSSR count). The van der Waals surface area contributed by atoms with Gasteiger partial charge < -0.3 is 4.90 Å². The molecule has 1 aliphatic rings. The van der Waals surface area contributed by atoms with E-state index in [1.54, 1.807) is 51.1 Å². The van der Waals surface area contributed by atoms with Gasteiger partial charge in [-0.1, -0.05) is 23.2 Å². The Balaban J connectivity index is 1.38. The van der Waals surface area contributed by atoms with Crippen molar-refractivity contribution in [2.24, 2.45) is 0 Å².